The number of hydrogen-bond donors (Lipinski definition) is 0. The second kappa shape index (κ2) is 5.98. The van der Waals surface area contributed by atoms with Crippen molar-refractivity contribution in [1.82, 2.24) is 10.1 Å². The van der Waals surface area contributed by atoms with Crippen LogP contribution in [0.15, 0.2) is 51.5 Å². The summed E-state index contributed by atoms with van der Waals surface area (Å²) in [5.41, 5.74) is 2.12. The first-order valence-electron chi connectivity index (χ1n) is 7.69. The Balaban J connectivity index is 1.61. The lowest BCUT2D eigenvalue weighted by Crippen LogP contribution is -2.33. The number of benzene rings is 2. The number of aromatic nitrogens is 2. The van der Waals surface area contributed by atoms with Gasteiger partial charge in [-0.25, -0.2) is 13.2 Å². The summed E-state index contributed by atoms with van der Waals surface area (Å²) in [5.74, 6) is -2.46. The molecule has 1 fully saturated rings. The molecule has 0 N–H and O–H groups in total. The highest BCUT2D eigenvalue weighted by molar-refractivity contribution is 9.10. The number of nitrogens with zero attached hydrogens (tertiary/aromatic N) is 2. The highest BCUT2D eigenvalue weighted by Crippen LogP contribution is 2.48. The molecule has 1 aromatic heterocycles. The minimum atomic E-state index is -2.56. The van der Waals surface area contributed by atoms with Gasteiger partial charge in [0.2, 0.25) is 11.7 Å². The molecule has 0 unspecified atom stereocenters. The van der Waals surface area contributed by atoms with Gasteiger partial charge >= 0.3 is 0 Å². The predicted octanol–water partition coefficient (Wildman–Crippen LogP) is 5.82. The number of alkyl halides is 2. The van der Waals surface area contributed by atoms with Crippen LogP contribution in [0.4, 0.5) is 13.2 Å². The lowest BCUT2D eigenvalue weighted by Gasteiger charge is -2.35. The van der Waals surface area contributed by atoms with Crippen LogP contribution >= 0.6 is 15.9 Å². The van der Waals surface area contributed by atoms with Crippen molar-refractivity contribution < 1.29 is 17.7 Å². The van der Waals surface area contributed by atoms with Crippen LogP contribution in [0.3, 0.4) is 0 Å². The molecule has 0 amide bonds. The molecule has 3 nitrogen and oxygen atoms in total. The van der Waals surface area contributed by atoms with E-state index < -0.39 is 5.92 Å². The number of rotatable bonds is 3. The van der Waals surface area contributed by atoms with Gasteiger partial charge in [0.1, 0.15) is 5.82 Å². The highest BCUT2D eigenvalue weighted by atomic mass is 79.9. The summed E-state index contributed by atoms with van der Waals surface area (Å²) in [4.78, 5) is 4.33. The van der Waals surface area contributed by atoms with Gasteiger partial charge in [0.15, 0.2) is 0 Å². The second-order valence-electron chi connectivity index (χ2n) is 6.14. The lowest BCUT2D eigenvalue weighted by molar-refractivity contribution is -0.0867. The Kier molecular flexibility index (Phi) is 3.91. The molecule has 128 valence electrons. The minimum Gasteiger partial charge on any atom is -0.334 e. The first kappa shape index (κ1) is 16.3. The smallest absolute Gasteiger partial charge is 0.258 e. The molecule has 0 spiro atoms. The molecule has 1 heterocycles. The molecule has 1 aliphatic carbocycles. The van der Waals surface area contributed by atoms with E-state index in [9.17, 15) is 13.2 Å². The van der Waals surface area contributed by atoms with Crippen LogP contribution in [0.1, 0.15) is 24.3 Å². The van der Waals surface area contributed by atoms with E-state index in [1.165, 1.54) is 6.07 Å². The fourth-order valence-electron chi connectivity index (χ4n) is 2.92. The monoisotopic (exact) mass is 408 g/mol. The second-order valence-corrected chi connectivity index (χ2v) is 6.99. The molecular formula is C18H12BrF3N2O. The summed E-state index contributed by atoms with van der Waals surface area (Å²) in [6.07, 6.45) is -0.260. The maximum atomic E-state index is 13.3. The maximum Gasteiger partial charge on any atom is 0.258 e. The average molecular weight is 409 g/mol. The number of hydrogen-bond acceptors (Lipinski definition) is 3. The van der Waals surface area contributed by atoms with E-state index in [2.05, 4.69) is 26.1 Å². The summed E-state index contributed by atoms with van der Waals surface area (Å²) >= 11 is 3.12. The molecule has 1 aliphatic rings. The van der Waals surface area contributed by atoms with Crippen LogP contribution in [-0.2, 0) is 0 Å². The molecule has 0 atom stereocenters. The van der Waals surface area contributed by atoms with Crippen LogP contribution in [0.2, 0.25) is 0 Å². The van der Waals surface area contributed by atoms with Crippen molar-refractivity contribution in [1.29, 1.82) is 0 Å². The Morgan fingerprint density at radius 1 is 1.08 bits per heavy atom. The summed E-state index contributed by atoms with van der Waals surface area (Å²) < 4.78 is 45.1. The van der Waals surface area contributed by atoms with E-state index in [0.29, 0.717) is 27.3 Å². The SMILES string of the molecule is Fc1ccc(-c2noc(-c3cccc(C4CC(F)(F)C4)c3)n2)cc1Br. The van der Waals surface area contributed by atoms with Gasteiger partial charge in [0.25, 0.3) is 5.89 Å². The Morgan fingerprint density at radius 2 is 1.88 bits per heavy atom. The molecule has 4 rings (SSSR count). The van der Waals surface area contributed by atoms with Crippen LogP contribution in [0, 0.1) is 5.82 Å². The van der Waals surface area contributed by atoms with Crippen molar-refractivity contribution in [2.75, 3.05) is 0 Å². The Labute approximate surface area is 150 Å². The van der Waals surface area contributed by atoms with Crippen molar-refractivity contribution in [3.8, 4) is 22.8 Å². The van der Waals surface area contributed by atoms with E-state index in [-0.39, 0.29) is 24.6 Å². The molecule has 1 saturated carbocycles. The van der Waals surface area contributed by atoms with Crippen molar-refractivity contribution in [3.05, 3.63) is 58.3 Å². The highest BCUT2D eigenvalue weighted by Gasteiger charge is 2.45. The zero-order valence-corrected chi connectivity index (χ0v) is 14.4. The standard InChI is InChI=1S/C18H12BrF3N2O/c19-14-7-11(4-5-15(14)20)16-23-17(25-24-16)12-3-1-2-10(6-12)13-8-18(21,22)9-13/h1-7,13H,8-9H2. The molecule has 0 bridgehead atoms. The minimum absolute atomic E-state index is 0.130. The first-order valence-corrected chi connectivity index (χ1v) is 8.48. The van der Waals surface area contributed by atoms with Gasteiger partial charge in [-0.1, -0.05) is 17.3 Å². The van der Waals surface area contributed by atoms with Crippen LogP contribution in [0.5, 0.6) is 0 Å². The molecule has 0 radical (unpaired) electrons. The fraction of sp³-hybridized carbons (Fsp3) is 0.222. The van der Waals surface area contributed by atoms with Crippen LogP contribution < -0.4 is 0 Å². The van der Waals surface area contributed by atoms with E-state index in [0.717, 1.165) is 5.56 Å². The number of halogens is 4. The maximum absolute atomic E-state index is 13.3. The van der Waals surface area contributed by atoms with E-state index in [1.54, 1.807) is 30.3 Å². The van der Waals surface area contributed by atoms with Crippen molar-refractivity contribution in [3.63, 3.8) is 0 Å². The fourth-order valence-corrected chi connectivity index (χ4v) is 3.29. The first-order chi connectivity index (χ1) is 11.9. The quantitative estimate of drug-likeness (QED) is 0.548. The Hall–Kier alpha value is -2.15. The van der Waals surface area contributed by atoms with Gasteiger partial charge in [0.05, 0.1) is 4.47 Å². The van der Waals surface area contributed by atoms with Gasteiger partial charge in [0, 0.05) is 24.0 Å². The summed E-state index contributed by atoms with van der Waals surface area (Å²) in [6, 6.07) is 11.7. The summed E-state index contributed by atoms with van der Waals surface area (Å²) in [5, 5.41) is 3.92. The molecule has 7 heteroatoms. The van der Waals surface area contributed by atoms with Gasteiger partial charge in [-0.15, -0.1) is 0 Å². The zero-order valence-electron chi connectivity index (χ0n) is 12.8. The molecule has 0 saturated heterocycles. The Bertz CT molecular complexity index is 934. The summed E-state index contributed by atoms with van der Waals surface area (Å²) in [7, 11) is 0. The zero-order chi connectivity index (χ0) is 17.6. The van der Waals surface area contributed by atoms with E-state index in [1.807, 2.05) is 6.07 Å². The van der Waals surface area contributed by atoms with Gasteiger partial charge < -0.3 is 4.52 Å². The van der Waals surface area contributed by atoms with E-state index in [4.69, 9.17) is 4.52 Å². The Morgan fingerprint density at radius 3 is 2.60 bits per heavy atom. The van der Waals surface area contributed by atoms with Gasteiger partial charge in [-0.05, 0) is 57.7 Å². The van der Waals surface area contributed by atoms with Gasteiger partial charge in [-0.2, -0.15) is 4.98 Å². The molecule has 3 aromatic rings. The summed E-state index contributed by atoms with van der Waals surface area (Å²) in [6.45, 7) is 0. The molecule has 25 heavy (non-hydrogen) atoms. The van der Waals surface area contributed by atoms with Crippen molar-refractivity contribution in [2.24, 2.45) is 0 Å². The molecular weight excluding hydrogens is 397 g/mol. The average Bonchev–Trinajstić information content (AvgIpc) is 3.05. The molecule has 2 aromatic carbocycles. The van der Waals surface area contributed by atoms with E-state index >= 15 is 0 Å². The predicted molar refractivity (Wildman–Crippen MR) is 89.8 cm³/mol. The third-order valence-corrected chi connectivity index (χ3v) is 4.91. The van der Waals surface area contributed by atoms with Crippen LogP contribution in [0.25, 0.3) is 22.8 Å². The normalized spacial score (nSPS) is 16.6. The topological polar surface area (TPSA) is 38.9 Å². The third-order valence-electron chi connectivity index (χ3n) is 4.30. The van der Waals surface area contributed by atoms with Crippen molar-refractivity contribution >= 4 is 15.9 Å². The largest absolute Gasteiger partial charge is 0.334 e. The lowest BCUT2D eigenvalue weighted by atomic mass is 9.76. The third kappa shape index (κ3) is 3.20. The van der Waals surface area contributed by atoms with Crippen LogP contribution in [-0.4, -0.2) is 16.1 Å². The molecule has 0 aliphatic heterocycles. The van der Waals surface area contributed by atoms with Gasteiger partial charge in [-0.3, -0.25) is 0 Å². The van der Waals surface area contributed by atoms with Crippen molar-refractivity contribution in [2.45, 2.75) is 24.7 Å².